The molecule has 0 radical (unpaired) electrons. The van der Waals surface area contributed by atoms with E-state index >= 15 is 0 Å². The predicted molar refractivity (Wildman–Crippen MR) is 58.7 cm³/mol. The topological polar surface area (TPSA) is 50.9 Å². The van der Waals surface area contributed by atoms with Crippen LogP contribution in [0, 0.1) is 0 Å². The average Bonchev–Trinajstić information content (AvgIpc) is 2.15. The maximum Gasteiger partial charge on any atom is 0.0637 e. The molecule has 1 atom stereocenters. The van der Waals surface area contributed by atoms with Crippen LogP contribution in [0.25, 0.3) is 0 Å². The lowest BCUT2D eigenvalue weighted by Crippen LogP contribution is -2.28. The molecule has 76 valence electrons. The van der Waals surface area contributed by atoms with E-state index in [9.17, 15) is 0 Å². The maximum atomic E-state index is 5.99. The number of nitrogens with two attached hydrogens (primary N) is 1. The molecule has 3 N–H and O–H groups in total. The zero-order chi connectivity index (χ0) is 10.6. The van der Waals surface area contributed by atoms with E-state index in [2.05, 4.69) is 17.0 Å². The van der Waals surface area contributed by atoms with Crippen LogP contribution in [0.4, 0.5) is 0 Å². The van der Waals surface area contributed by atoms with Crippen LogP contribution in [0.15, 0.2) is 30.6 Å². The van der Waals surface area contributed by atoms with Crippen LogP contribution >= 0.6 is 11.6 Å². The molecule has 0 saturated carbocycles. The number of halogens is 1. The summed E-state index contributed by atoms with van der Waals surface area (Å²) < 4.78 is 0. The highest BCUT2D eigenvalue weighted by Crippen LogP contribution is 2.25. The molecular formula is C10H14ClN3. The van der Waals surface area contributed by atoms with Crippen molar-refractivity contribution < 1.29 is 0 Å². The molecule has 0 amide bonds. The summed E-state index contributed by atoms with van der Waals surface area (Å²) in [7, 11) is 0. The van der Waals surface area contributed by atoms with Crippen LogP contribution in [0.2, 0.25) is 5.02 Å². The molecule has 3 nitrogen and oxygen atoms in total. The van der Waals surface area contributed by atoms with Crippen molar-refractivity contribution in [2.45, 2.75) is 19.4 Å². The van der Waals surface area contributed by atoms with E-state index in [0.717, 1.165) is 17.6 Å². The number of hydrogen-bond donors (Lipinski definition) is 2. The maximum absolute atomic E-state index is 5.99. The molecule has 1 aromatic rings. The van der Waals surface area contributed by atoms with E-state index in [1.54, 1.807) is 12.4 Å². The first kappa shape index (κ1) is 11.2. The van der Waals surface area contributed by atoms with Crippen molar-refractivity contribution in [1.82, 2.24) is 10.4 Å². The largest absolute Gasteiger partial charge is 0.271 e. The van der Waals surface area contributed by atoms with Crippen LogP contribution in [0.1, 0.15) is 24.9 Å². The molecule has 0 fully saturated rings. The second kappa shape index (κ2) is 5.10. The van der Waals surface area contributed by atoms with Gasteiger partial charge in [-0.15, -0.1) is 6.58 Å². The van der Waals surface area contributed by atoms with E-state index in [-0.39, 0.29) is 6.04 Å². The molecule has 0 spiro atoms. The van der Waals surface area contributed by atoms with Crippen molar-refractivity contribution >= 4 is 11.6 Å². The summed E-state index contributed by atoms with van der Waals surface area (Å²) in [6.07, 6.45) is 4.07. The first-order chi connectivity index (χ1) is 6.65. The molecule has 14 heavy (non-hydrogen) atoms. The molecule has 1 aromatic heterocycles. The monoisotopic (exact) mass is 211 g/mol. The molecule has 0 aliphatic rings. The van der Waals surface area contributed by atoms with Crippen molar-refractivity contribution in [1.29, 1.82) is 0 Å². The Hall–Kier alpha value is -0.900. The first-order valence-corrected chi connectivity index (χ1v) is 4.73. The molecule has 0 saturated heterocycles. The Balaban J connectivity index is 2.89. The number of aromatic nitrogens is 1. The predicted octanol–water partition coefficient (Wildman–Crippen LogP) is 2.21. The van der Waals surface area contributed by atoms with E-state index in [1.807, 2.05) is 13.0 Å². The fourth-order valence-corrected chi connectivity index (χ4v) is 1.53. The minimum Gasteiger partial charge on any atom is -0.271 e. The molecule has 0 bridgehead atoms. The van der Waals surface area contributed by atoms with Gasteiger partial charge in [0.2, 0.25) is 0 Å². The van der Waals surface area contributed by atoms with Gasteiger partial charge in [0.1, 0.15) is 0 Å². The van der Waals surface area contributed by atoms with Crippen molar-refractivity contribution in [3.8, 4) is 0 Å². The fourth-order valence-electron chi connectivity index (χ4n) is 1.28. The summed E-state index contributed by atoms with van der Waals surface area (Å²) in [5.41, 5.74) is 4.72. The molecule has 1 rings (SSSR count). The van der Waals surface area contributed by atoms with Crippen molar-refractivity contribution in [2.24, 2.45) is 5.84 Å². The van der Waals surface area contributed by atoms with E-state index < -0.39 is 0 Å². The number of nitrogens with one attached hydrogen (secondary N) is 1. The van der Waals surface area contributed by atoms with Crippen molar-refractivity contribution in [3.63, 3.8) is 0 Å². The van der Waals surface area contributed by atoms with Crippen LogP contribution in [0.5, 0.6) is 0 Å². The summed E-state index contributed by atoms with van der Waals surface area (Å²) in [5.74, 6) is 5.45. The third-order valence-corrected chi connectivity index (χ3v) is 2.25. The Labute approximate surface area is 88.9 Å². The number of hydrazine groups is 1. The standard InChI is InChI=1S/C10H14ClN3/c1-7(2)5-10(14-12)8-3-4-13-6-9(8)11/h3-4,6,10,14H,1,5,12H2,2H3. The lowest BCUT2D eigenvalue weighted by Gasteiger charge is -2.17. The van der Waals surface area contributed by atoms with Crippen LogP contribution in [0.3, 0.4) is 0 Å². The van der Waals surface area contributed by atoms with Gasteiger partial charge in [0.15, 0.2) is 0 Å². The third kappa shape index (κ3) is 2.80. The highest BCUT2D eigenvalue weighted by Gasteiger charge is 2.12. The SMILES string of the molecule is C=C(C)CC(NN)c1ccncc1Cl. The Morgan fingerprint density at radius 3 is 3.00 bits per heavy atom. The van der Waals surface area contributed by atoms with Gasteiger partial charge in [0.25, 0.3) is 0 Å². The minimum absolute atomic E-state index is 0.00278. The summed E-state index contributed by atoms with van der Waals surface area (Å²) in [6, 6.07) is 1.86. The van der Waals surface area contributed by atoms with Gasteiger partial charge < -0.3 is 0 Å². The number of nitrogens with zero attached hydrogens (tertiary/aromatic N) is 1. The lowest BCUT2D eigenvalue weighted by molar-refractivity contribution is 0.550. The van der Waals surface area contributed by atoms with Crippen molar-refractivity contribution in [2.75, 3.05) is 0 Å². The normalized spacial score (nSPS) is 12.5. The van der Waals surface area contributed by atoms with Gasteiger partial charge in [-0.25, -0.2) is 0 Å². The van der Waals surface area contributed by atoms with Gasteiger partial charge in [-0.2, -0.15) is 0 Å². The van der Waals surface area contributed by atoms with Crippen molar-refractivity contribution in [3.05, 3.63) is 41.2 Å². The molecule has 1 heterocycles. The van der Waals surface area contributed by atoms with Gasteiger partial charge in [0.05, 0.1) is 11.1 Å². The molecule has 1 unspecified atom stereocenters. The first-order valence-electron chi connectivity index (χ1n) is 4.35. The minimum atomic E-state index is 0.00278. The molecule has 4 heteroatoms. The van der Waals surface area contributed by atoms with Crippen LogP contribution in [-0.2, 0) is 0 Å². The summed E-state index contributed by atoms with van der Waals surface area (Å²) in [6.45, 7) is 5.80. The second-order valence-electron chi connectivity index (χ2n) is 3.28. The molecule has 0 aliphatic carbocycles. The quantitative estimate of drug-likeness (QED) is 0.456. The number of pyridine rings is 1. The summed E-state index contributed by atoms with van der Waals surface area (Å²) in [5, 5.41) is 0.622. The van der Waals surface area contributed by atoms with Gasteiger partial charge >= 0.3 is 0 Å². The van der Waals surface area contributed by atoms with Crippen LogP contribution < -0.4 is 11.3 Å². The average molecular weight is 212 g/mol. The van der Waals surface area contributed by atoms with E-state index in [4.69, 9.17) is 17.4 Å². The smallest absolute Gasteiger partial charge is 0.0637 e. The summed E-state index contributed by atoms with van der Waals surface area (Å²) >= 11 is 5.99. The zero-order valence-corrected chi connectivity index (χ0v) is 8.88. The Morgan fingerprint density at radius 2 is 2.50 bits per heavy atom. The van der Waals surface area contributed by atoms with Gasteiger partial charge in [-0.05, 0) is 25.0 Å². The van der Waals surface area contributed by atoms with Gasteiger partial charge in [0, 0.05) is 12.4 Å². The summed E-state index contributed by atoms with van der Waals surface area (Å²) in [4.78, 5) is 3.92. The fraction of sp³-hybridized carbons (Fsp3) is 0.300. The van der Waals surface area contributed by atoms with Gasteiger partial charge in [-0.1, -0.05) is 17.2 Å². The number of hydrogen-bond acceptors (Lipinski definition) is 3. The molecule has 0 aromatic carbocycles. The molecular weight excluding hydrogens is 198 g/mol. The van der Waals surface area contributed by atoms with E-state index in [0.29, 0.717) is 5.02 Å². The number of rotatable bonds is 4. The third-order valence-electron chi connectivity index (χ3n) is 1.93. The van der Waals surface area contributed by atoms with E-state index in [1.165, 1.54) is 0 Å². The highest BCUT2D eigenvalue weighted by molar-refractivity contribution is 6.31. The lowest BCUT2D eigenvalue weighted by atomic mass is 10.0. The Kier molecular flexibility index (Phi) is 4.07. The highest BCUT2D eigenvalue weighted by atomic mass is 35.5. The Morgan fingerprint density at radius 1 is 1.79 bits per heavy atom. The zero-order valence-electron chi connectivity index (χ0n) is 8.13. The van der Waals surface area contributed by atoms with Gasteiger partial charge in [-0.3, -0.25) is 16.3 Å². The Bertz CT molecular complexity index is 325. The second-order valence-corrected chi connectivity index (χ2v) is 3.68. The molecule has 0 aliphatic heterocycles. The van der Waals surface area contributed by atoms with Crippen LogP contribution in [-0.4, -0.2) is 4.98 Å².